The average molecular weight is 448 g/mol. The molecule has 0 radical (unpaired) electrons. The summed E-state index contributed by atoms with van der Waals surface area (Å²) in [6.45, 7) is 6.09. The van der Waals surface area contributed by atoms with Crippen LogP contribution < -0.4 is 5.56 Å². The van der Waals surface area contributed by atoms with Gasteiger partial charge in [0.25, 0.3) is 5.56 Å². The third-order valence-corrected chi connectivity index (χ3v) is 6.85. The maximum atomic E-state index is 12.7. The molecule has 2 aromatic carbocycles. The Balaban J connectivity index is 1.88. The van der Waals surface area contributed by atoms with Crippen LogP contribution in [0.25, 0.3) is 5.69 Å². The van der Waals surface area contributed by atoms with Crippen molar-refractivity contribution in [1.29, 1.82) is 0 Å². The number of benzene rings is 2. The maximum absolute atomic E-state index is 12.7. The molecule has 0 aliphatic rings. The van der Waals surface area contributed by atoms with Crippen LogP contribution in [0.4, 0.5) is 11.4 Å². The highest BCUT2D eigenvalue weighted by Crippen LogP contribution is 2.23. The van der Waals surface area contributed by atoms with Crippen LogP contribution in [0.3, 0.4) is 0 Å². The van der Waals surface area contributed by atoms with Crippen molar-refractivity contribution >= 4 is 33.0 Å². The molecule has 0 amide bonds. The number of hydrogen-bond donors (Lipinski definition) is 1. The molecule has 0 spiro atoms. The molecule has 1 aromatic heterocycles. The highest BCUT2D eigenvalue weighted by atomic mass is 35.5. The molecular formula is C20H22ClN5O3S. The van der Waals surface area contributed by atoms with E-state index >= 15 is 0 Å². The second-order valence-electron chi connectivity index (χ2n) is 6.49. The summed E-state index contributed by atoms with van der Waals surface area (Å²) in [7, 11) is -3.54. The summed E-state index contributed by atoms with van der Waals surface area (Å²) in [4.78, 5) is 12.9. The summed E-state index contributed by atoms with van der Waals surface area (Å²) < 4.78 is 27.8. The van der Waals surface area contributed by atoms with Gasteiger partial charge in [-0.3, -0.25) is 9.89 Å². The van der Waals surface area contributed by atoms with Crippen LogP contribution in [0.15, 0.2) is 68.4 Å². The van der Waals surface area contributed by atoms with E-state index in [-0.39, 0.29) is 16.1 Å². The first kappa shape index (κ1) is 21.9. The van der Waals surface area contributed by atoms with Crippen LogP contribution in [0, 0.1) is 6.92 Å². The van der Waals surface area contributed by atoms with Crippen molar-refractivity contribution in [2.45, 2.75) is 25.7 Å². The summed E-state index contributed by atoms with van der Waals surface area (Å²) in [6, 6.07) is 12.9. The molecule has 3 rings (SSSR count). The summed E-state index contributed by atoms with van der Waals surface area (Å²) >= 11 is 6.00. The van der Waals surface area contributed by atoms with Crippen LogP contribution in [-0.2, 0) is 10.0 Å². The fraction of sp³-hybridized carbons (Fsp3) is 0.250. The largest absolute Gasteiger partial charge is 0.299 e. The van der Waals surface area contributed by atoms with Gasteiger partial charge in [0.1, 0.15) is 0 Å². The van der Waals surface area contributed by atoms with Crippen molar-refractivity contribution in [3.8, 4) is 5.69 Å². The minimum absolute atomic E-state index is 0.162. The Labute approximate surface area is 179 Å². The number of nitrogens with zero attached hydrogens (tertiary/aromatic N) is 4. The van der Waals surface area contributed by atoms with Gasteiger partial charge in [-0.05, 0) is 49.4 Å². The lowest BCUT2D eigenvalue weighted by molar-refractivity contribution is 0.445. The third kappa shape index (κ3) is 4.38. The van der Waals surface area contributed by atoms with Crippen LogP contribution in [0.5, 0.6) is 0 Å². The monoisotopic (exact) mass is 447 g/mol. The van der Waals surface area contributed by atoms with Gasteiger partial charge in [0.05, 0.1) is 22.0 Å². The molecule has 30 heavy (non-hydrogen) atoms. The zero-order valence-electron chi connectivity index (χ0n) is 16.8. The minimum Gasteiger partial charge on any atom is -0.293 e. The standard InChI is InChI=1S/C20H22ClN5O3S/c1-4-25(5-2)30(28,29)18-11-9-16(10-12-18)22-23-19-14(3)24-26(20(19)27)17-8-6-7-15(21)13-17/h6-13,24H,4-5H2,1-3H3. The first-order valence-electron chi connectivity index (χ1n) is 9.37. The topological polar surface area (TPSA) is 99.9 Å². The first-order chi connectivity index (χ1) is 14.3. The van der Waals surface area contributed by atoms with E-state index in [2.05, 4.69) is 15.3 Å². The third-order valence-electron chi connectivity index (χ3n) is 4.55. The van der Waals surface area contributed by atoms with Gasteiger partial charge in [0, 0.05) is 18.1 Å². The fourth-order valence-corrected chi connectivity index (χ4v) is 4.60. The second-order valence-corrected chi connectivity index (χ2v) is 8.86. The number of aromatic nitrogens is 2. The lowest BCUT2D eigenvalue weighted by Gasteiger charge is -2.18. The van der Waals surface area contributed by atoms with Gasteiger partial charge in [-0.25, -0.2) is 13.1 Å². The Morgan fingerprint density at radius 2 is 1.73 bits per heavy atom. The average Bonchev–Trinajstić information content (AvgIpc) is 3.01. The number of azo groups is 1. The van der Waals surface area contributed by atoms with Crippen LogP contribution in [-0.4, -0.2) is 35.6 Å². The molecule has 0 saturated heterocycles. The predicted molar refractivity (Wildman–Crippen MR) is 117 cm³/mol. The molecular weight excluding hydrogens is 426 g/mol. The van der Waals surface area contributed by atoms with Crippen molar-refractivity contribution in [1.82, 2.24) is 14.1 Å². The lowest BCUT2D eigenvalue weighted by atomic mass is 10.3. The SMILES string of the molecule is CCN(CC)S(=O)(=O)c1ccc(N=Nc2c(C)[nH]n(-c3cccc(Cl)c3)c2=O)cc1. The normalized spacial score (nSPS) is 12.2. The molecule has 1 heterocycles. The second kappa shape index (κ2) is 8.95. The Hall–Kier alpha value is -2.75. The Bertz CT molecular complexity index is 1230. The summed E-state index contributed by atoms with van der Waals surface area (Å²) in [5, 5.41) is 11.6. The van der Waals surface area contributed by atoms with Gasteiger partial charge in [0.15, 0.2) is 5.69 Å². The maximum Gasteiger partial charge on any atom is 0.299 e. The van der Waals surface area contributed by atoms with E-state index in [1.54, 1.807) is 57.2 Å². The lowest BCUT2D eigenvalue weighted by Crippen LogP contribution is -2.30. The number of halogens is 1. The molecule has 0 bridgehead atoms. The number of sulfonamides is 1. The first-order valence-corrected chi connectivity index (χ1v) is 11.2. The molecule has 0 aliphatic heterocycles. The molecule has 0 atom stereocenters. The predicted octanol–water partition coefficient (Wildman–Crippen LogP) is 4.57. The number of hydrogen-bond acceptors (Lipinski definition) is 5. The van der Waals surface area contributed by atoms with Gasteiger partial charge in [-0.15, -0.1) is 5.11 Å². The molecule has 10 heteroatoms. The van der Waals surface area contributed by atoms with Gasteiger partial charge in [-0.1, -0.05) is 31.5 Å². The fourth-order valence-electron chi connectivity index (χ4n) is 2.96. The van der Waals surface area contributed by atoms with E-state index in [1.165, 1.54) is 21.1 Å². The zero-order chi connectivity index (χ0) is 21.9. The Morgan fingerprint density at radius 3 is 2.33 bits per heavy atom. The van der Waals surface area contributed by atoms with Gasteiger partial charge >= 0.3 is 0 Å². The van der Waals surface area contributed by atoms with Crippen LogP contribution in [0.1, 0.15) is 19.5 Å². The van der Waals surface area contributed by atoms with E-state index in [9.17, 15) is 13.2 Å². The van der Waals surface area contributed by atoms with E-state index in [0.29, 0.717) is 35.2 Å². The summed E-state index contributed by atoms with van der Waals surface area (Å²) in [5.41, 5.74) is 1.37. The van der Waals surface area contributed by atoms with Gasteiger partial charge < -0.3 is 0 Å². The molecule has 0 aliphatic carbocycles. The van der Waals surface area contributed by atoms with Crippen molar-refractivity contribution in [2.75, 3.05) is 13.1 Å². The summed E-state index contributed by atoms with van der Waals surface area (Å²) in [5.74, 6) is 0. The smallest absolute Gasteiger partial charge is 0.293 e. The van der Waals surface area contributed by atoms with Crippen molar-refractivity contribution in [3.05, 3.63) is 69.6 Å². The van der Waals surface area contributed by atoms with Gasteiger partial charge in [-0.2, -0.15) is 9.42 Å². The minimum atomic E-state index is -3.54. The number of aromatic amines is 1. The highest BCUT2D eigenvalue weighted by Gasteiger charge is 2.21. The Kier molecular flexibility index (Phi) is 6.55. The molecule has 3 aromatic rings. The zero-order valence-corrected chi connectivity index (χ0v) is 18.4. The molecule has 0 fully saturated rings. The van der Waals surface area contributed by atoms with Crippen molar-refractivity contribution in [2.24, 2.45) is 10.2 Å². The highest BCUT2D eigenvalue weighted by molar-refractivity contribution is 7.89. The number of H-pyrrole nitrogens is 1. The number of aryl methyl sites for hydroxylation is 1. The molecule has 1 N–H and O–H groups in total. The summed E-state index contributed by atoms with van der Waals surface area (Å²) in [6.07, 6.45) is 0. The molecule has 158 valence electrons. The molecule has 8 nitrogen and oxygen atoms in total. The van der Waals surface area contributed by atoms with Crippen molar-refractivity contribution < 1.29 is 8.42 Å². The van der Waals surface area contributed by atoms with Crippen LogP contribution in [0.2, 0.25) is 5.02 Å². The van der Waals surface area contributed by atoms with E-state index in [0.717, 1.165) is 0 Å². The molecule has 0 saturated carbocycles. The molecule has 0 unspecified atom stereocenters. The number of nitrogens with one attached hydrogen (secondary N) is 1. The van der Waals surface area contributed by atoms with E-state index in [4.69, 9.17) is 11.6 Å². The van der Waals surface area contributed by atoms with Gasteiger partial charge in [0.2, 0.25) is 10.0 Å². The quantitative estimate of drug-likeness (QED) is 0.536. The van der Waals surface area contributed by atoms with E-state index in [1.807, 2.05) is 0 Å². The van der Waals surface area contributed by atoms with E-state index < -0.39 is 10.0 Å². The van der Waals surface area contributed by atoms with Crippen LogP contribution >= 0.6 is 11.6 Å². The Morgan fingerprint density at radius 1 is 1.07 bits per heavy atom. The number of rotatable bonds is 7. The van der Waals surface area contributed by atoms with Crippen molar-refractivity contribution in [3.63, 3.8) is 0 Å².